The van der Waals surface area contributed by atoms with E-state index in [0.29, 0.717) is 11.7 Å². The van der Waals surface area contributed by atoms with Crippen molar-refractivity contribution in [1.29, 1.82) is 0 Å². The van der Waals surface area contributed by atoms with Gasteiger partial charge in [-0.15, -0.1) is 0 Å². The largest absolute Gasteiger partial charge is 0.353 e. The Morgan fingerprint density at radius 2 is 1.91 bits per heavy atom. The summed E-state index contributed by atoms with van der Waals surface area (Å²) in [4.78, 5) is 27.4. The highest BCUT2D eigenvalue weighted by molar-refractivity contribution is 5.86. The number of amides is 1. The number of ether oxygens (including phenoxy) is 2. The Hall–Kier alpha value is -1.20. The molecule has 180 valence electrons. The summed E-state index contributed by atoms with van der Waals surface area (Å²) in [6.07, 6.45) is 13.8. The van der Waals surface area contributed by atoms with Crippen molar-refractivity contribution >= 4 is 11.7 Å². The zero-order chi connectivity index (χ0) is 23.1. The van der Waals surface area contributed by atoms with Crippen LogP contribution in [0.4, 0.5) is 0 Å². The first-order valence-electron chi connectivity index (χ1n) is 12.8. The second kappa shape index (κ2) is 8.87. The molecule has 0 aromatic rings. The van der Waals surface area contributed by atoms with Gasteiger partial charge in [-0.25, -0.2) is 0 Å². The Morgan fingerprint density at radius 1 is 1.16 bits per heavy atom. The second-order valence-electron chi connectivity index (χ2n) is 11.9. The van der Waals surface area contributed by atoms with Crippen molar-refractivity contribution in [2.75, 3.05) is 20.7 Å². The molecule has 3 saturated carbocycles. The van der Waals surface area contributed by atoms with E-state index in [2.05, 4.69) is 32.9 Å². The fraction of sp³-hybridized carbons (Fsp3) is 0.852. The molecule has 1 aliphatic heterocycles. The van der Waals surface area contributed by atoms with Crippen molar-refractivity contribution in [1.82, 2.24) is 4.90 Å². The average Bonchev–Trinajstić information content (AvgIpc) is 3.46. The lowest BCUT2D eigenvalue weighted by Crippen LogP contribution is -2.43. The van der Waals surface area contributed by atoms with Crippen molar-refractivity contribution < 1.29 is 19.1 Å². The second-order valence-corrected chi connectivity index (χ2v) is 11.9. The van der Waals surface area contributed by atoms with Crippen LogP contribution in [0.25, 0.3) is 0 Å². The first-order valence-corrected chi connectivity index (χ1v) is 12.8. The molecule has 5 heteroatoms. The van der Waals surface area contributed by atoms with Crippen molar-refractivity contribution in [3.05, 3.63) is 12.2 Å². The first kappa shape index (κ1) is 23.9. The summed E-state index contributed by atoms with van der Waals surface area (Å²) < 4.78 is 12.4. The van der Waals surface area contributed by atoms with E-state index >= 15 is 0 Å². The summed E-state index contributed by atoms with van der Waals surface area (Å²) in [5.41, 5.74) is -0.435. The van der Waals surface area contributed by atoms with Gasteiger partial charge in [0.25, 0.3) is 0 Å². The van der Waals surface area contributed by atoms with Crippen LogP contribution in [0, 0.1) is 28.1 Å². The van der Waals surface area contributed by atoms with Crippen LogP contribution in [-0.4, -0.2) is 49.7 Å². The van der Waals surface area contributed by atoms with Crippen LogP contribution in [0.3, 0.4) is 0 Å². The number of fused-ring (bicyclic) bond motifs is 1. The van der Waals surface area contributed by atoms with E-state index in [0.717, 1.165) is 70.8 Å². The number of hydrogen-bond donors (Lipinski definition) is 0. The van der Waals surface area contributed by atoms with Crippen LogP contribution in [-0.2, 0) is 19.1 Å². The zero-order valence-corrected chi connectivity index (χ0v) is 20.8. The quantitative estimate of drug-likeness (QED) is 0.510. The molecule has 0 N–H and O–H groups in total. The number of carbonyl (C=O) groups is 2. The maximum atomic E-state index is 13.1. The normalized spacial score (nSPS) is 35.5. The Balaban J connectivity index is 1.56. The predicted molar refractivity (Wildman–Crippen MR) is 125 cm³/mol. The minimum atomic E-state index is -0.459. The lowest BCUT2D eigenvalue weighted by atomic mass is 9.58. The van der Waals surface area contributed by atoms with Crippen LogP contribution in [0.5, 0.6) is 0 Å². The number of allylic oxidation sites excluding steroid dienone is 1. The van der Waals surface area contributed by atoms with E-state index in [4.69, 9.17) is 9.47 Å². The third-order valence-electron chi connectivity index (χ3n) is 9.06. The van der Waals surface area contributed by atoms with Gasteiger partial charge in [-0.05, 0) is 74.5 Å². The molecule has 0 spiro atoms. The lowest BCUT2D eigenvalue weighted by molar-refractivity contribution is -0.193. The van der Waals surface area contributed by atoms with Crippen molar-refractivity contribution in [3.63, 3.8) is 0 Å². The standard InChI is InChI=1S/C27H43NO4/c1-25(2,21-12-11-19-20(29)9-8-14-26(19,21)3)15-13-22(32-23-10-6-7-18-31-23)27(16-17-27)24(30)28(4)5/h13,15,19,21-23H,6-12,14,16-18H2,1-5H3/b15-13+/t19-,21?,22+,23?,26-/m0/s1. The minimum Gasteiger partial charge on any atom is -0.353 e. The summed E-state index contributed by atoms with van der Waals surface area (Å²) in [7, 11) is 3.67. The summed E-state index contributed by atoms with van der Waals surface area (Å²) >= 11 is 0. The monoisotopic (exact) mass is 445 g/mol. The molecule has 1 heterocycles. The molecule has 0 bridgehead atoms. The Bertz CT molecular complexity index is 747. The molecule has 0 radical (unpaired) electrons. The molecule has 5 nitrogen and oxygen atoms in total. The third kappa shape index (κ3) is 4.32. The number of Topliss-reactive ketones (excluding diaryl/α,β-unsaturated/α-hetero) is 1. The smallest absolute Gasteiger partial charge is 0.231 e. The van der Waals surface area contributed by atoms with Gasteiger partial charge in [0, 0.05) is 33.0 Å². The van der Waals surface area contributed by atoms with E-state index in [1.807, 2.05) is 14.1 Å². The molecule has 1 saturated heterocycles. The van der Waals surface area contributed by atoms with Crippen LogP contribution >= 0.6 is 0 Å². The molecule has 4 rings (SSSR count). The maximum absolute atomic E-state index is 13.1. The van der Waals surface area contributed by atoms with Gasteiger partial charge >= 0.3 is 0 Å². The summed E-state index contributed by atoms with van der Waals surface area (Å²) in [6, 6.07) is 0. The van der Waals surface area contributed by atoms with Crippen molar-refractivity contribution in [2.45, 2.75) is 97.4 Å². The summed E-state index contributed by atoms with van der Waals surface area (Å²) in [5.74, 6) is 1.32. The molecule has 5 atom stereocenters. The lowest BCUT2D eigenvalue weighted by Gasteiger charge is -2.45. The molecule has 32 heavy (non-hydrogen) atoms. The van der Waals surface area contributed by atoms with E-state index < -0.39 is 5.41 Å². The molecule has 1 amide bonds. The van der Waals surface area contributed by atoms with Gasteiger partial charge in [-0.2, -0.15) is 0 Å². The number of nitrogens with zero attached hydrogens (tertiary/aromatic N) is 1. The fourth-order valence-corrected chi connectivity index (χ4v) is 7.15. The van der Waals surface area contributed by atoms with Crippen LogP contribution in [0.2, 0.25) is 0 Å². The topological polar surface area (TPSA) is 55.8 Å². The molecule has 2 unspecified atom stereocenters. The van der Waals surface area contributed by atoms with Crippen LogP contribution in [0.15, 0.2) is 12.2 Å². The molecule has 0 aromatic carbocycles. The fourth-order valence-electron chi connectivity index (χ4n) is 7.15. The Morgan fingerprint density at radius 3 is 2.53 bits per heavy atom. The number of carbonyl (C=O) groups excluding carboxylic acids is 2. The number of hydrogen-bond acceptors (Lipinski definition) is 4. The molecule has 0 aromatic heterocycles. The van der Waals surface area contributed by atoms with E-state index in [-0.39, 0.29) is 35.0 Å². The average molecular weight is 446 g/mol. The van der Waals surface area contributed by atoms with Gasteiger partial charge in [0.15, 0.2) is 6.29 Å². The van der Waals surface area contributed by atoms with Gasteiger partial charge in [0.05, 0.1) is 11.5 Å². The van der Waals surface area contributed by atoms with Gasteiger partial charge in [-0.3, -0.25) is 9.59 Å². The van der Waals surface area contributed by atoms with Crippen LogP contribution < -0.4 is 0 Å². The summed E-state index contributed by atoms with van der Waals surface area (Å²) in [6.45, 7) is 7.70. The zero-order valence-electron chi connectivity index (χ0n) is 20.8. The predicted octanol–water partition coefficient (Wildman–Crippen LogP) is 5.13. The number of rotatable bonds is 7. The van der Waals surface area contributed by atoms with Gasteiger partial charge < -0.3 is 14.4 Å². The van der Waals surface area contributed by atoms with Crippen LogP contribution in [0.1, 0.15) is 85.0 Å². The third-order valence-corrected chi connectivity index (χ3v) is 9.06. The van der Waals surface area contributed by atoms with E-state index in [1.54, 1.807) is 4.90 Å². The van der Waals surface area contributed by atoms with Gasteiger partial charge in [0.1, 0.15) is 5.78 Å². The maximum Gasteiger partial charge on any atom is 0.231 e. The summed E-state index contributed by atoms with van der Waals surface area (Å²) in [5, 5.41) is 0. The van der Waals surface area contributed by atoms with Crippen molar-refractivity contribution in [3.8, 4) is 0 Å². The van der Waals surface area contributed by atoms with Gasteiger partial charge in [0.2, 0.25) is 5.91 Å². The van der Waals surface area contributed by atoms with Crippen molar-refractivity contribution in [2.24, 2.45) is 28.1 Å². The first-order chi connectivity index (χ1) is 15.1. The molecular weight excluding hydrogens is 402 g/mol. The van der Waals surface area contributed by atoms with E-state index in [1.165, 1.54) is 0 Å². The molecular formula is C27H43NO4. The number of ketones is 1. The molecule has 4 aliphatic rings. The SMILES string of the molecule is CN(C)C(=O)C1([C@@H](/C=C/C(C)(C)C2CC[C@H]3C(=O)CCC[C@]23C)OC2CCCCO2)CC1. The molecule has 4 fully saturated rings. The highest BCUT2D eigenvalue weighted by Crippen LogP contribution is 2.60. The Kier molecular flexibility index (Phi) is 6.63. The van der Waals surface area contributed by atoms with Gasteiger partial charge in [-0.1, -0.05) is 32.9 Å². The Labute approximate surface area is 194 Å². The van der Waals surface area contributed by atoms with E-state index in [9.17, 15) is 9.59 Å². The highest BCUT2D eigenvalue weighted by atomic mass is 16.7. The molecule has 3 aliphatic carbocycles. The minimum absolute atomic E-state index is 0.0621. The highest BCUT2D eigenvalue weighted by Gasteiger charge is 2.58.